The van der Waals surface area contributed by atoms with Gasteiger partial charge in [0.15, 0.2) is 9.84 Å². The summed E-state index contributed by atoms with van der Waals surface area (Å²) < 4.78 is 38.2. The first-order valence-electron chi connectivity index (χ1n) is 7.51. The number of halogens is 2. The van der Waals surface area contributed by atoms with Gasteiger partial charge in [-0.15, -0.1) is 11.3 Å². The number of nitrogens with zero attached hydrogens (tertiary/aromatic N) is 1. The van der Waals surface area contributed by atoms with Crippen molar-refractivity contribution in [3.63, 3.8) is 0 Å². The van der Waals surface area contributed by atoms with E-state index in [0.29, 0.717) is 22.0 Å². The van der Waals surface area contributed by atoms with Crippen LogP contribution in [0.3, 0.4) is 0 Å². The van der Waals surface area contributed by atoms with Gasteiger partial charge in [-0.1, -0.05) is 29.8 Å². The molecule has 0 saturated carbocycles. The molecule has 0 unspecified atom stereocenters. The fourth-order valence-electron chi connectivity index (χ4n) is 2.47. The van der Waals surface area contributed by atoms with Crippen LogP contribution in [0.4, 0.5) is 4.39 Å². The molecule has 1 heterocycles. The van der Waals surface area contributed by atoms with Crippen molar-refractivity contribution in [3.05, 3.63) is 80.5 Å². The summed E-state index contributed by atoms with van der Waals surface area (Å²) in [5.74, 6) is -0.451. The van der Waals surface area contributed by atoms with Gasteiger partial charge in [0.2, 0.25) is 0 Å². The van der Waals surface area contributed by atoms with Gasteiger partial charge in [-0.25, -0.2) is 17.8 Å². The highest BCUT2D eigenvalue weighted by Crippen LogP contribution is 2.26. The molecular weight excluding hydrogens is 381 g/mol. The molecule has 0 bridgehead atoms. The molecule has 0 radical (unpaired) electrons. The van der Waals surface area contributed by atoms with E-state index in [-0.39, 0.29) is 16.5 Å². The summed E-state index contributed by atoms with van der Waals surface area (Å²) in [4.78, 5) is 4.64. The lowest BCUT2D eigenvalue weighted by atomic mass is 10.1. The first-order valence-corrected chi connectivity index (χ1v) is 10.4. The second-order valence-electron chi connectivity index (χ2n) is 5.66. The van der Waals surface area contributed by atoms with Crippen LogP contribution in [-0.2, 0) is 22.0 Å². The van der Waals surface area contributed by atoms with Gasteiger partial charge in [0.25, 0.3) is 0 Å². The molecule has 3 aromatic rings. The van der Waals surface area contributed by atoms with Crippen LogP contribution in [0, 0.1) is 12.7 Å². The lowest BCUT2D eigenvalue weighted by Crippen LogP contribution is -2.07. The van der Waals surface area contributed by atoms with Crippen molar-refractivity contribution in [3.8, 4) is 0 Å². The third-order valence-electron chi connectivity index (χ3n) is 3.76. The Hall–Kier alpha value is -1.76. The average molecular weight is 396 g/mol. The molecule has 3 rings (SSSR count). The monoisotopic (exact) mass is 395 g/mol. The van der Waals surface area contributed by atoms with Gasteiger partial charge in [0.1, 0.15) is 16.6 Å². The van der Waals surface area contributed by atoms with Gasteiger partial charge in [0.05, 0.1) is 10.6 Å². The van der Waals surface area contributed by atoms with Crippen LogP contribution in [0.5, 0.6) is 0 Å². The maximum absolute atomic E-state index is 12.9. The molecule has 2 aromatic carbocycles. The molecule has 0 fully saturated rings. The van der Waals surface area contributed by atoms with Crippen molar-refractivity contribution >= 4 is 32.8 Å². The smallest absolute Gasteiger partial charge is 0.185 e. The zero-order valence-electron chi connectivity index (χ0n) is 13.4. The van der Waals surface area contributed by atoms with Crippen molar-refractivity contribution in [2.75, 3.05) is 0 Å². The number of aromatic nitrogens is 1. The number of hydrogen-bond donors (Lipinski definition) is 0. The minimum absolute atomic E-state index is 0.164. The molecule has 0 saturated heterocycles. The second kappa shape index (κ2) is 7.23. The lowest BCUT2D eigenvalue weighted by Gasteiger charge is -2.07. The largest absolute Gasteiger partial charge is 0.245 e. The lowest BCUT2D eigenvalue weighted by molar-refractivity contribution is 0.594. The quantitative estimate of drug-likeness (QED) is 0.622. The minimum atomic E-state index is -3.52. The van der Waals surface area contributed by atoms with Gasteiger partial charge in [-0.2, -0.15) is 0 Å². The number of sulfone groups is 1. The SMILES string of the molecule is Cc1c(Cl)cccc1S(=O)(=O)Cc1nc(Cc2ccc(F)cc2)cs1. The molecule has 130 valence electrons. The topological polar surface area (TPSA) is 47.0 Å². The van der Waals surface area contributed by atoms with E-state index in [2.05, 4.69) is 4.98 Å². The van der Waals surface area contributed by atoms with Crippen LogP contribution >= 0.6 is 22.9 Å². The third kappa shape index (κ3) is 4.26. The first-order chi connectivity index (χ1) is 11.8. The van der Waals surface area contributed by atoms with Gasteiger partial charge in [-0.3, -0.25) is 0 Å². The summed E-state index contributed by atoms with van der Waals surface area (Å²) >= 11 is 7.33. The average Bonchev–Trinajstić information content (AvgIpc) is 2.98. The van der Waals surface area contributed by atoms with Crippen molar-refractivity contribution in [2.24, 2.45) is 0 Å². The van der Waals surface area contributed by atoms with Crippen LogP contribution < -0.4 is 0 Å². The van der Waals surface area contributed by atoms with Crippen molar-refractivity contribution in [1.82, 2.24) is 4.98 Å². The number of hydrogen-bond acceptors (Lipinski definition) is 4. The van der Waals surface area contributed by atoms with E-state index < -0.39 is 9.84 Å². The van der Waals surface area contributed by atoms with E-state index in [9.17, 15) is 12.8 Å². The molecule has 0 atom stereocenters. The molecule has 3 nitrogen and oxygen atoms in total. The molecule has 0 N–H and O–H groups in total. The third-order valence-corrected chi connectivity index (χ3v) is 7.02. The molecule has 0 aliphatic carbocycles. The highest BCUT2D eigenvalue weighted by molar-refractivity contribution is 7.90. The summed E-state index contributed by atoms with van der Waals surface area (Å²) in [5, 5.41) is 2.78. The maximum Gasteiger partial charge on any atom is 0.185 e. The highest BCUT2D eigenvalue weighted by Gasteiger charge is 2.20. The summed E-state index contributed by atoms with van der Waals surface area (Å²) in [7, 11) is -3.52. The van der Waals surface area contributed by atoms with Crippen LogP contribution in [0.1, 0.15) is 21.8 Å². The van der Waals surface area contributed by atoms with Crippen LogP contribution in [-0.4, -0.2) is 13.4 Å². The molecule has 25 heavy (non-hydrogen) atoms. The maximum atomic E-state index is 12.9. The molecular formula is C18H15ClFNO2S2. The molecule has 0 aliphatic heterocycles. The van der Waals surface area contributed by atoms with Crippen molar-refractivity contribution in [1.29, 1.82) is 0 Å². The van der Waals surface area contributed by atoms with Gasteiger partial charge >= 0.3 is 0 Å². The normalized spacial score (nSPS) is 11.6. The van der Waals surface area contributed by atoms with E-state index in [1.165, 1.54) is 23.5 Å². The number of thiazole rings is 1. The number of benzene rings is 2. The standard InChI is InChI=1S/C18H15ClFNO2S2/c1-12-16(19)3-2-4-17(12)25(22,23)11-18-21-15(10-24-18)9-13-5-7-14(20)8-6-13/h2-8,10H,9,11H2,1H3. The fraction of sp³-hybridized carbons (Fsp3) is 0.167. The Morgan fingerprint density at radius 1 is 1.16 bits per heavy atom. The summed E-state index contributed by atoms with van der Waals surface area (Å²) in [6, 6.07) is 11.0. The van der Waals surface area contributed by atoms with E-state index in [1.54, 1.807) is 37.3 Å². The van der Waals surface area contributed by atoms with Crippen LogP contribution in [0.25, 0.3) is 0 Å². The molecule has 0 spiro atoms. The Labute approximate surface area is 155 Å². The molecule has 7 heteroatoms. The van der Waals surface area contributed by atoms with Gasteiger partial charge in [0, 0.05) is 16.8 Å². The predicted molar refractivity (Wildman–Crippen MR) is 98.4 cm³/mol. The Morgan fingerprint density at radius 3 is 2.60 bits per heavy atom. The summed E-state index contributed by atoms with van der Waals surface area (Å²) in [5.41, 5.74) is 2.24. The zero-order chi connectivity index (χ0) is 18.0. The molecule has 0 amide bonds. The Balaban J connectivity index is 1.78. The Kier molecular flexibility index (Phi) is 5.22. The minimum Gasteiger partial charge on any atom is -0.245 e. The summed E-state index contributed by atoms with van der Waals surface area (Å²) in [6.45, 7) is 1.69. The van der Waals surface area contributed by atoms with Crippen LogP contribution in [0.2, 0.25) is 5.02 Å². The Bertz CT molecular complexity index is 998. The van der Waals surface area contributed by atoms with E-state index in [1.807, 2.05) is 5.38 Å². The second-order valence-corrected chi connectivity index (χ2v) is 8.97. The van der Waals surface area contributed by atoms with Gasteiger partial charge in [-0.05, 0) is 42.3 Å². The fourth-order valence-corrected chi connectivity index (χ4v) is 5.43. The summed E-state index contributed by atoms with van der Waals surface area (Å²) in [6.07, 6.45) is 0.535. The van der Waals surface area contributed by atoms with Crippen molar-refractivity contribution < 1.29 is 12.8 Å². The first kappa shape index (κ1) is 18.0. The molecule has 1 aromatic heterocycles. The van der Waals surface area contributed by atoms with Crippen LogP contribution in [0.15, 0.2) is 52.7 Å². The van der Waals surface area contributed by atoms with E-state index in [4.69, 9.17) is 11.6 Å². The van der Waals surface area contributed by atoms with E-state index >= 15 is 0 Å². The molecule has 0 aliphatic rings. The van der Waals surface area contributed by atoms with E-state index in [0.717, 1.165) is 11.3 Å². The van der Waals surface area contributed by atoms with Gasteiger partial charge < -0.3 is 0 Å². The Morgan fingerprint density at radius 2 is 1.88 bits per heavy atom. The van der Waals surface area contributed by atoms with Crippen molar-refractivity contribution in [2.45, 2.75) is 24.0 Å². The predicted octanol–water partition coefficient (Wildman–Crippen LogP) is 4.81. The number of rotatable bonds is 5. The highest BCUT2D eigenvalue weighted by atomic mass is 35.5. The zero-order valence-corrected chi connectivity index (χ0v) is 15.8.